The molecule has 0 aromatic heterocycles. The summed E-state index contributed by atoms with van der Waals surface area (Å²) in [5.41, 5.74) is 5.39. The zero-order valence-corrected chi connectivity index (χ0v) is 22.2. The molecule has 3 amide bonds. The van der Waals surface area contributed by atoms with Crippen molar-refractivity contribution in [2.75, 3.05) is 25.3 Å². The summed E-state index contributed by atoms with van der Waals surface area (Å²) in [7, 11) is 0. The normalized spacial score (nSPS) is 11.7. The molecule has 0 saturated carbocycles. The third-order valence-electron chi connectivity index (χ3n) is 5.75. The number of hydrogen-bond acceptors (Lipinski definition) is 8. The van der Waals surface area contributed by atoms with E-state index in [1.165, 1.54) is 11.8 Å². The number of carbonyl (C=O) groups is 3. The summed E-state index contributed by atoms with van der Waals surface area (Å²) in [6, 6.07) is 17.8. The van der Waals surface area contributed by atoms with Crippen molar-refractivity contribution >= 4 is 29.6 Å². The van der Waals surface area contributed by atoms with Crippen LogP contribution in [-0.4, -0.2) is 43.9 Å². The molecular weight excluding hydrogens is 516 g/mol. The molecule has 3 N–H and O–H groups in total. The Morgan fingerprint density at radius 3 is 2.42 bits per heavy atom. The van der Waals surface area contributed by atoms with Crippen molar-refractivity contribution < 1.29 is 33.3 Å². The van der Waals surface area contributed by atoms with E-state index >= 15 is 0 Å². The van der Waals surface area contributed by atoms with Gasteiger partial charge >= 0.3 is 11.8 Å². The third kappa shape index (κ3) is 7.73. The van der Waals surface area contributed by atoms with Crippen molar-refractivity contribution in [3.05, 3.63) is 77.4 Å². The van der Waals surface area contributed by atoms with Gasteiger partial charge in [-0.1, -0.05) is 25.1 Å². The van der Waals surface area contributed by atoms with Gasteiger partial charge in [0.2, 0.25) is 6.79 Å². The molecule has 208 valence electrons. The zero-order valence-electron chi connectivity index (χ0n) is 22.2. The molecule has 3 aromatic carbocycles. The first-order valence-corrected chi connectivity index (χ1v) is 12.7. The van der Waals surface area contributed by atoms with Gasteiger partial charge in [0.25, 0.3) is 5.91 Å². The van der Waals surface area contributed by atoms with Crippen molar-refractivity contribution in [1.82, 2.24) is 10.7 Å². The second-order valence-corrected chi connectivity index (χ2v) is 8.60. The molecule has 11 heteroatoms. The largest absolute Gasteiger partial charge is 0.490 e. The molecule has 0 bridgehead atoms. The van der Waals surface area contributed by atoms with Crippen molar-refractivity contribution in [2.45, 2.75) is 26.8 Å². The summed E-state index contributed by atoms with van der Waals surface area (Å²) in [5.74, 6) is -0.0677. The highest BCUT2D eigenvalue weighted by Crippen LogP contribution is 2.32. The van der Waals surface area contributed by atoms with Crippen LogP contribution in [0.3, 0.4) is 0 Å². The Balaban J connectivity index is 1.26. The Labute approximate surface area is 231 Å². The Hall–Kier alpha value is -5.06. The van der Waals surface area contributed by atoms with Crippen LogP contribution in [0.25, 0.3) is 0 Å². The first-order valence-electron chi connectivity index (χ1n) is 12.7. The molecule has 1 aliphatic heterocycles. The Kier molecular flexibility index (Phi) is 9.54. The summed E-state index contributed by atoms with van der Waals surface area (Å²) in [5, 5.41) is 9.16. The molecule has 1 aliphatic rings. The number of hydrogen-bond donors (Lipinski definition) is 3. The molecule has 11 nitrogen and oxygen atoms in total. The standard InChI is InChI=1S/C29H30N4O7/c1-3-19-5-9-22(10-6-19)32-27(34)17-38-23-11-8-21(14-25(23)37-4-2)16-31-33-29(36)28(35)30-15-20-7-12-24-26(13-20)40-18-39-24/h5-14,16H,3-4,15,17-18H2,1-2H3,(H,30,35)(H,32,34)(H,33,36)/b31-16-. The van der Waals surface area contributed by atoms with E-state index in [1.54, 1.807) is 36.4 Å². The molecule has 0 atom stereocenters. The number of hydrazone groups is 1. The van der Waals surface area contributed by atoms with Crippen LogP contribution in [0.15, 0.2) is 65.8 Å². The molecule has 4 rings (SSSR count). The molecule has 0 fully saturated rings. The van der Waals surface area contributed by atoms with Crippen molar-refractivity contribution in [2.24, 2.45) is 5.10 Å². The van der Waals surface area contributed by atoms with E-state index in [1.807, 2.05) is 31.2 Å². The Morgan fingerprint density at radius 2 is 1.65 bits per heavy atom. The van der Waals surface area contributed by atoms with Gasteiger partial charge in [0.15, 0.2) is 29.6 Å². The van der Waals surface area contributed by atoms with Crippen LogP contribution < -0.4 is 35.0 Å². The maximum Gasteiger partial charge on any atom is 0.329 e. The molecular formula is C29H30N4O7. The lowest BCUT2D eigenvalue weighted by molar-refractivity contribution is -0.139. The lowest BCUT2D eigenvalue weighted by atomic mass is 10.1. The average molecular weight is 547 g/mol. The first kappa shape index (κ1) is 28.0. The highest BCUT2D eigenvalue weighted by atomic mass is 16.7. The monoisotopic (exact) mass is 546 g/mol. The van der Waals surface area contributed by atoms with Crippen molar-refractivity contribution in [3.8, 4) is 23.0 Å². The first-order chi connectivity index (χ1) is 19.4. The SMILES string of the molecule is CCOc1cc(/C=N\NC(=O)C(=O)NCc2ccc3c(c2)OCO3)ccc1OCC(=O)Nc1ccc(CC)cc1. The predicted octanol–water partition coefficient (Wildman–Crippen LogP) is 3.16. The van der Waals surface area contributed by atoms with Crippen molar-refractivity contribution in [3.63, 3.8) is 0 Å². The van der Waals surface area contributed by atoms with E-state index in [9.17, 15) is 14.4 Å². The smallest absolute Gasteiger partial charge is 0.329 e. The minimum atomic E-state index is -0.919. The Bertz CT molecular complexity index is 1390. The molecule has 0 unspecified atom stereocenters. The van der Waals surface area contributed by atoms with E-state index < -0.39 is 11.8 Å². The lowest BCUT2D eigenvalue weighted by Gasteiger charge is -2.13. The highest BCUT2D eigenvalue weighted by Gasteiger charge is 2.16. The lowest BCUT2D eigenvalue weighted by Crippen LogP contribution is -2.37. The molecule has 0 aliphatic carbocycles. The van der Waals surface area contributed by atoms with Gasteiger partial charge < -0.3 is 29.6 Å². The van der Waals surface area contributed by atoms with Gasteiger partial charge in [-0.05, 0) is 72.5 Å². The number of amides is 3. The van der Waals surface area contributed by atoms with Crippen LogP contribution in [-0.2, 0) is 27.3 Å². The number of nitrogens with zero attached hydrogens (tertiary/aromatic N) is 1. The van der Waals surface area contributed by atoms with Gasteiger partial charge in [-0.3, -0.25) is 14.4 Å². The summed E-state index contributed by atoms with van der Waals surface area (Å²) >= 11 is 0. The summed E-state index contributed by atoms with van der Waals surface area (Å²) in [4.78, 5) is 36.6. The zero-order chi connectivity index (χ0) is 28.3. The maximum atomic E-state index is 12.3. The van der Waals surface area contributed by atoms with Gasteiger partial charge in [-0.25, -0.2) is 5.43 Å². The molecule has 0 saturated heterocycles. The van der Waals surface area contributed by atoms with Crippen LogP contribution in [0.4, 0.5) is 5.69 Å². The van der Waals surface area contributed by atoms with E-state index in [0.717, 1.165) is 12.0 Å². The summed E-state index contributed by atoms with van der Waals surface area (Å²) in [6.07, 6.45) is 2.28. The van der Waals surface area contributed by atoms with Gasteiger partial charge in [-0.2, -0.15) is 5.10 Å². The fourth-order valence-electron chi connectivity index (χ4n) is 3.69. The average Bonchev–Trinajstić information content (AvgIpc) is 3.44. The molecule has 0 radical (unpaired) electrons. The minimum absolute atomic E-state index is 0.134. The topological polar surface area (TPSA) is 137 Å². The van der Waals surface area contributed by atoms with Crippen LogP contribution in [0, 0.1) is 0 Å². The van der Waals surface area contributed by atoms with Gasteiger partial charge in [-0.15, -0.1) is 0 Å². The van der Waals surface area contributed by atoms with Crippen molar-refractivity contribution in [1.29, 1.82) is 0 Å². The van der Waals surface area contributed by atoms with E-state index in [4.69, 9.17) is 18.9 Å². The van der Waals surface area contributed by atoms with E-state index in [0.29, 0.717) is 40.9 Å². The van der Waals surface area contributed by atoms with Crippen LogP contribution in [0.5, 0.6) is 23.0 Å². The minimum Gasteiger partial charge on any atom is -0.490 e. The van der Waals surface area contributed by atoms with Crippen LogP contribution in [0.1, 0.15) is 30.5 Å². The third-order valence-corrected chi connectivity index (χ3v) is 5.75. The fraction of sp³-hybridized carbons (Fsp3) is 0.241. The number of aryl methyl sites for hydroxylation is 1. The quantitative estimate of drug-likeness (QED) is 0.191. The van der Waals surface area contributed by atoms with Gasteiger partial charge in [0, 0.05) is 12.2 Å². The van der Waals surface area contributed by atoms with Gasteiger partial charge in [0.1, 0.15) is 0 Å². The number of fused-ring (bicyclic) bond motifs is 1. The maximum absolute atomic E-state index is 12.3. The Morgan fingerprint density at radius 1 is 0.875 bits per heavy atom. The second-order valence-electron chi connectivity index (χ2n) is 8.60. The number of rotatable bonds is 11. The highest BCUT2D eigenvalue weighted by molar-refractivity contribution is 6.35. The summed E-state index contributed by atoms with van der Waals surface area (Å²) in [6.45, 7) is 4.33. The number of ether oxygens (including phenoxy) is 4. The molecule has 3 aromatic rings. The van der Waals surface area contributed by atoms with Crippen LogP contribution >= 0.6 is 0 Å². The van der Waals surface area contributed by atoms with E-state index in [2.05, 4.69) is 28.1 Å². The number of nitrogens with one attached hydrogen (secondary N) is 3. The fourth-order valence-corrected chi connectivity index (χ4v) is 3.69. The van der Waals surface area contributed by atoms with E-state index in [-0.39, 0.29) is 25.9 Å². The molecule has 40 heavy (non-hydrogen) atoms. The predicted molar refractivity (Wildman–Crippen MR) is 148 cm³/mol. The summed E-state index contributed by atoms with van der Waals surface area (Å²) < 4.78 is 21.9. The number of anilines is 1. The van der Waals surface area contributed by atoms with Gasteiger partial charge in [0.05, 0.1) is 12.8 Å². The van der Waals surface area contributed by atoms with Crippen LogP contribution in [0.2, 0.25) is 0 Å². The molecule has 1 heterocycles. The second kappa shape index (κ2) is 13.7. The number of benzene rings is 3. The number of carbonyl (C=O) groups excluding carboxylic acids is 3. The molecule has 0 spiro atoms.